The minimum atomic E-state index is 1.22. The molecule has 0 aliphatic carbocycles. The molecule has 6 heteroatoms. The fraction of sp³-hybridized carbons (Fsp3) is 0. The van der Waals surface area contributed by atoms with Gasteiger partial charge in [0.1, 0.15) is 0 Å². The molecule has 0 aliphatic heterocycles. The number of hydrogen-bond donors (Lipinski definition) is 0. The standard InChI is InChI=1S/C14H8N2S4/c1-3-15-5-9-7-17-13(11(1)9)19-20-14-12-2-4-16-6-10(12)8-18-14/h1-8H. The average molecular weight is 333 g/mol. The van der Waals surface area contributed by atoms with Gasteiger partial charge < -0.3 is 0 Å². The van der Waals surface area contributed by atoms with E-state index in [4.69, 9.17) is 0 Å². The molecule has 0 aliphatic rings. The molecule has 0 fully saturated rings. The van der Waals surface area contributed by atoms with Crippen molar-refractivity contribution in [3.8, 4) is 0 Å². The number of pyridine rings is 2. The van der Waals surface area contributed by atoms with Gasteiger partial charge in [0, 0.05) is 57.1 Å². The lowest BCUT2D eigenvalue weighted by Crippen LogP contribution is -1.70. The Balaban J connectivity index is 1.64. The Morgan fingerprint density at radius 2 is 1.25 bits per heavy atom. The van der Waals surface area contributed by atoms with Crippen LogP contribution in [0.25, 0.3) is 21.5 Å². The van der Waals surface area contributed by atoms with Crippen molar-refractivity contribution in [2.24, 2.45) is 0 Å². The van der Waals surface area contributed by atoms with Crippen LogP contribution in [0.2, 0.25) is 0 Å². The number of rotatable bonds is 3. The van der Waals surface area contributed by atoms with Crippen LogP contribution in [0.1, 0.15) is 0 Å². The van der Waals surface area contributed by atoms with Crippen molar-refractivity contribution in [2.75, 3.05) is 0 Å². The molecule has 4 aromatic heterocycles. The third-order valence-electron chi connectivity index (χ3n) is 2.92. The molecule has 0 radical (unpaired) electrons. The summed E-state index contributed by atoms with van der Waals surface area (Å²) in [6.07, 6.45) is 7.56. The zero-order valence-electron chi connectivity index (χ0n) is 10.1. The molecule has 0 bridgehead atoms. The molecular weight excluding hydrogens is 324 g/mol. The number of thiophene rings is 2. The van der Waals surface area contributed by atoms with Gasteiger partial charge in [0.15, 0.2) is 0 Å². The van der Waals surface area contributed by atoms with E-state index in [9.17, 15) is 0 Å². The first-order chi connectivity index (χ1) is 9.92. The largest absolute Gasteiger partial charge is 0.264 e. The zero-order valence-corrected chi connectivity index (χ0v) is 13.4. The van der Waals surface area contributed by atoms with Gasteiger partial charge in [-0.1, -0.05) is 0 Å². The highest BCUT2D eigenvalue weighted by Gasteiger charge is 2.09. The fourth-order valence-corrected chi connectivity index (χ4v) is 7.03. The minimum Gasteiger partial charge on any atom is -0.264 e. The predicted octanol–water partition coefficient (Wildman–Crippen LogP) is 5.71. The van der Waals surface area contributed by atoms with Crippen LogP contribution in [0.3, 0.4) is 0 Å². The highest BCUT2D eigenvalue weighted by atomic mass is 33.1. The highest BCUT2D eigenvalue weighted by Crippen LogP contribution is 2.47. The number of hydrogen-bond acceptors (Lipinski definition) is 6. The van der Waals surface area contributed by atoms with Gasteiger partial charge in [-0.05, 0) is 33.7 Å². The lowest BCUT2D eigenvalue weighted by Gasteiger charge is -1.98. The molecule has 0 aromatic carbocycles. The Morgan fingerprint density at radius 3 is 1.75 bits per heavy atom. The van der Waals surface area contributed by atoms with Crippen molar-refractivity contribution in [3.63, 3.8) is 0 Å². The fourth-order valence-electron chi connectivity index (χ4n) is 1.94. The first-order valence-electron chi connectivity index (χ1n) is 5.89. The van der Waals surface area contributed by atoms with E-state index >= 15 is 0 Å². The highest BCUT2D eigenvalue weighted by molar-refractivity contribution is 8.77. The van der Waals surface area contributed by atoms with Gasteiger partial charge >= 0.3 is 0 Å². The van der Waals surface area contributed by atoms with Crippen molar-refractivity contribution in [1.29, 1.82) is 0 Å². The molecule has 2 nitrogen and oxygen atoms in total. The zero-order chi connectivity index (χ0) is 13.4. The summed E-state index contributed by atoms with van der Waals surface area (Å²) in [6, 6.07) is 4.18. The molecule has 4 rings (SSSR count). The van der Waals surface area contributed by atoms with Crippen LogP contribution in [-0.4, -0.2) is 9.97 Å². The Bertz CT molecular complexity index is 807. The van der Waals surface area contributed by atoms with Gasteiger partial charge in [-0.2, -0.15) is 0 Å². The maximum Gasteiger partial charge on any atom is 0.0789 e. The first kappa shape index (κ1) is 12.6. The van der Waals surface area contributed by atoms with E-state index < -0.39 is 0 Å². The predicted molar refractivity (Wildman–Crippen MR) is 91.0 cm³/mol. The van der Waals surface area contributed by atoms with Crippen molar-refractivity contribution in [2.45, 2.75) is 8.42 Å². The van der Waals surface area contributed by atoms with Crippen LogP contribution in [0.5, 0.6) is 0 Å². The van der Waals surface area contributed by atoms with Gasteiger partial charge in [-0.3, -0.25) is 9.97 Å². The maximum absolute atomic E-state index is 4.16. The third kappa shape index (κ3) is 2.22. The van der Waals surface area contributed by atoms with Gasteiger partial charge in [0.25, 0.3) is 0 Å². The summed E-state index contributed by atoms with van der Waals surface area (Å²) in [4.78, 5) is 8.33. The lowest BCUT2D eigenvalue weighted by molar-refractivity contribution is 1.37. The summed E-state index contributed by atoms with van der Waals surface area (Å²) in [5, 5.41) is 9.38. The second-order valence-electron chi connectivity index (χ2n) is 4.14. The SMILES string of the molecule is c1cc2c(SSc3scc4cnccc34)scc2cn1. The Kier molecular flexibility index (Phi) is 3.39. The monoisotopic (exact) mass is 332 g/mol. The Labute approximate surface area is 131 Å². The van der Waals surface area contributed by atoms with Gasteiger partial charge in [0.2, 0.25) is 0 Å². The second kappa shape index (κ2) is 5.37. The van der Waals surface area contributed by atoms with Gasteiger partial charge in [-0.25, -0.2) is 0 Å². The van der Waals surface area contributed by atoms with Crippen molar-refractivity contribution in [1.82, 2.24) is 9.97 Å². The number of nitrogens with zero attached hydrogens (tertiary/aromatic N) is 2. The van der Waals surface area contributed by atoms with E-state index in [1.807, 2.05) is 46.4 Å². The summed E-state index contributed by atoms with van der Waals surface area (Å²) in [5.74, 6) is 0. The van der Waals surface area contributed by atoms with Gasteiger partial charge in [0.05, 0.1) is 8.42 Å². The van der Waals surface area contributed by atoms with Crippen LogP contribution in [0.4, 0.5) is 0 Å². The number of fused-ring (bicyclic) bond motifs is 2. The number of aromatic nitrogens is 2. The summed E-state index contributed by atoms with van der Waals surface area (Å²) in [5.41, 5.74) is 0. The van der Waals surface area contributed by atoms with E-state index in [1.54, 1.807) is 22.7 Å². The molecule has 0 atom stereocenters. The Morgan fingerprint density at radius 1 is 0.750 bits per heavy atom. The van der Waals surface area contributed by atoms with Crippen molar-refractivity contribution < 1.29 is 0 Å². The van der Waals surface area contributed by atoms with Crippen LogP contribution >= 0.6 is 44.3 Å². The smallest absolute Gasteiger partial charge is 0.0789 e. The molecule has 0 unspecified atom stereocenters. The minimum absolute atomic E-state index is 1.22. The topological polar surface area (TPSA) is 25.8 Å². The molecule has 0 amide bonds. The summed E-state index contributed by atoms with van der Waals surface area (Å²) >= 11 is 3.57. The summed E-state index contributed by atoms with van der Waals surface area (Å²) < 4.78 is 2.67. The Hall–Kier alpha value is -1.08. The van der Waals surface area contributed by atoms with Crippen LogP contribution in [0, 0.1) is 0 Å². The van der Waals surface area contributed by atoms with Gasteiger partial charge in [-0.15, -0.1) is 22.7 Å². The van der Waals surface area contributed by atoms with Crippen molar-refractivity contribution in [3.05, 3.63) is 47.7 Å². The molecule has 4 heterocycles. The van der Waals surface area contributed by atoms with E-state index in [-0.39, 0.29) is 0 Å². The first-order valence-corrected chi connectivity index (χ1v) is 9.80. The molecule has 0 saturated heterocycles. The van der Waals surface area contributed by atoms with Crippen molar-refractivity contribution >= 4 is 65.8 Å². The molecular formula is C14H8N2S4. The molecule has 0 saturated carbocycles. The van der Waals surface area contributed by atoms with Crippen LogP contribution in [-0.2, 0) is 0 Å². The quantitative estimate of drug-likeness (QED) is 0.449. The third-order valence-corrected chi connectivity index (χ3v) is 8.32. The lowest BCUT2D eigenvalue weighted by atomic mass is 10.3. The second-order valence-corrected chi connectivity index (χ2v) is 8.56. The van der Waals surface area contributed by atoms with Crippen LogP contribution in [0.15, 0.2) is 56.1 Å². The summed E-state index contributed by atoms with van der Waals surface area (Å²) in [6.45, 7) is 0. The van der Waals surface area contributed by atoms with E-state index in [0.717, 1.165) is 0 Å². The molecule has 4 aromatic rings. The molecule has 20 heavy (non-hydrogen) atoms. The van der Waals surface area contributed by atoms with E-state index in [0.29, 0.717) is 0 Å². The van der Waals surface area contributed by atoms with E-state index in [2.05, 4.69) is 32.9 Å². The molecule has 98 valence electrons. The molecule has 0 N–H and O–H groups in total. The average Bonchev–Trinajstić information content (AvgIpc) is 3.09. The van der Waals surface area contributed by atoms with Crippen LogP contribution < -0.4 is 0 Å². The summed E-state index contributed by atoms with van der Waals surface area (Å²) in [7, 11) is 3.65. The van der Waals surface area contributed by atoms with E-state index in [1.165, 1.54) is 30.0 Å². The molecule has 0 spiro atoms. The maximum atomic E-state index is 4.16. The normalized spacial score (nSPS) is 11.4.